The van der Waals surface area contributed by atoms with E-state index in [-0.39, 0.29) is 12.1 Å². The Bertz CT molecular complexity index is 708. The minimum absolute atomic E-state index is 0.200. The van der Waals surface area contributed by atoms with Crippen molar-refractivity contribution in [3.8, 4) is 0 Å². The number of rotatable bonds is 9. The summed E-state index contributed by atoms with van der Waals surface area (Å²) >= 11 is 0. The molecule has 0 aromatic rings. The molecule has 1 saturated carbocycles. The van der Waals surface area contributed by atoms with Crippen LogP contribution < -0.4 is 28.3 Å². The van der Waals surface area contributed by atoms with Crippen molar-refractivity contribution in [1.82, 2.24) is 5.32 Å². The fraction of sp³-hybridized carbons (Fsp3) is 0.800. The Balaban J connectivity index is 2.12. The van der Waals surface area contributed by atoms with Gasteiger partial charge in [0.1, 0.15) is 17.6 Å². The van der Waals surface area contributed by atoms with Crippen LogP contribution in [-0.4, -0.2) is 87.6 Å². The first-order valence-corrected chi connectivity index (χ1v) is 11.1. The van der Waals surface area contributed by atoms with Crippen molar-refractivity contribution >= 4 is 0 Å². The third-order valence-corrected chi connectivity index (χ3v) is 6.04. The Morgan fingerprint density at radius 1 is 1.09 bits per heavy atom. The first-order valence-electron chi connectivity index (χ1n) is 11.1. The molecule has 0 amide bonds. The molecule has 33 heavy (non-hydrogen) atoms. The van der Waals surface area contributed by atoms with Gasteiger partial charge in [-0.2, -0.15) is 0 Å². The van der Waals surface area contributed by atoms with Crippen molar-refractivity contribution in [3.63, 3.8) is 0 Å². The number of hydrogen-bond acceptors (Lipinski definition) is 13. The first kappa shape index (κ1) is 27.4. The van der Waals surface area contributed by atoms with Gasteiger partial charge in [-0.15, -0.1) is 0 Å². The van der Waals surface area contributed by atoms with Crippen molar-refractivity contribution in [2.24, 2.45) is 22.9 Å². The van der Waals surface area contributed by atoms with E-state index in [1.54, 1.807) is 6.92 Å². The zero-order valence-electron chi connectivity index (χ0n) is 19.0. The van der Waals surface area contributed by atoms with E-state index in [1.165, 1.54) is 7.05 Å². The molecule has 0 aromatic heterocycles. The lowest BCUT2D eigenvalue weighted by atomic mass is 9.87. The molecule has 5 unspecified atom stereocenters. The molecule has 9 atom stereocenters. The van der Waals surface area contributed by atoms with Crippen LogP contribution in [0, 0.1) is 0 Å². The molecule has 14 N–H and O–H groups in total. The van der Waals surface area contributed by atoms with E-state index in [4.69, 9.17) is 37.1 Å². The fourth-order valence-corrected chi connectivity index (χ4v) is 3.81. The van der Waals surface area contributed by atoms with Crippen LogP contribution in [0.5, 0.6) is 0 Å². The number of aliphatic hydroxyl groups excluding tert-OH is 5. The summed E-state index contributed by atoms with van der Waals surface area (Å²) in [5, 5.41) is 53.4. The summed E-state index contributed by atoms with van der Waals surface area (Å²) < 4.78 is 16.7. The van der Waals surface area contributed by atoms with E-state index in [0.717, 1.165) is 0 Å². The van der Waals surface area contributed by atoms with Gasteiger partial charge in [-0.1, -0.05) is 6.92 Å². The van der Waals surface area contributed by atoms with E-state index in [1.807, 2.05) is 0 Å². The molecule has 1 saturated heterocycles. The molecule has 0 aromatic carbocycles. The largest absolute Gasteiger partial charge is 0.507 e. The van der Waals surface area contributed by atoms with Crippen LogP contribution in [0.4, 0.5) is 0 Å². The standard InChI is InChI=1S/C20H39N5O8/c1-3-8(21)16(27)19(30)33-18(29)15(25-2)17(28)13-5-4-9(22)20(31-13)32-14-7-12(26)10(23)6-11(14)24/h8-14,18,20,25-30H,3-7,21-24H2,1-2H3/b17-15+,19-16-/t8-,9?,10-,11?,12?,13?,14+,18?,20-/m1/s1. The van der Waals surface area contributed by atoms with Crippen molar-refractivity contribution < 1.29 is 39.7 Å². The molecule has 0 radical (unpaired) electrons. The van der Waals surface area contributed by atoms with E-state index in [9.17, 15) is 25.5 Å². The molecule has 0 spiro atoms. The van der Waals surface area contributed by atoms with E-state index in [0.29, 0.717) is 25.7 Å². The summed E-state index contributed by atoms with van der Waals surface area (Å²) in [6.45, 7) is 1.69. The molecule has 1 heterocycles. The topological polar surface area (TPSA) is 245 Å². The van der Waals surface area contributed by atoms with E-state index < -0.39 is 72.5 Å². The lowest BCUT2D eigenvalue weighted by Gasteiger charge is -2.41. The van der Waals surface area contributed by atoms with Crippen LogP contribution in [0.2, 0.25) is 0 Å². The van der Waals surface area contributed by atoms with Crippen LogP contribution in [0.15, 0.2) is 23.2 Å². The summed E-state index contributed by atoms with van der Waals surface area (Å²) in [5.41, 5.74) is 23.5. The highest BCUT2D eigenvalue weighted by atomic mass is 16.7. The average Bonchev–Trinajstić information content (AvgIpc) is 2.77. The normalized spacial score (nSPS) is 36.3. The molecular weight excluding hydrogens is 438 g/mol. The van der Waals surface area contributed by atoms with Crippen molar-refractivity contribution in [1.29, 1.82) is 0 Å². The smallest absolute Gasteiger partial charge is 0.320 e. The highest BCUT2D eigenvalue weighted by Crippen LogP contribution is 2.29. The van der Waals surface area contributed by atoms with Crippen LogP contribution in [0.3, 0.4) is 0 Å². The van der Waals surface area contributed by atoms with Gasteiger partial charge < -0.3 is 68.0 Å². The lowest BCUT2D eigenvalue weighted by molar-refractivity contribution is -0.231. The number of nitrogens with one attached hydrogen (secondary N) is 1. The van der Waals surface area contributed by atoms with E-state index in [2.05, 4.69) is 5.32 Å². The Hall–Kier alpha value is -1.84. The summed E-state index contributed by atoms with van der Waals surface area (Å²) in [5.74, 6) is -1.99. The van der Waals surface area contributed by atoms with Crippen molar-refractivity contribution in [3.05, 3.63) is 23.2 Å². The Morgan fingerprint density at radius 2 is 1.76 bits per heavy atom. The molecule has 13 heteroatoms. The number of ether oxygens (including phenoxy) is 3. The maximum absolute atomic E-state index is 10.7. The average molecular weight is 478 g/mol. The summed E-state index contributed by atoms with van der Waals surface area (Å²) in [7, 11) is 1.42. The molecule has 2 rings (SSSR count). The van der Waals surface area contributed by atoms with Gasteiger partial charge in [-0.3, -0.25) is 0 Å². The zero-order valence-corrected chi connectivity index (χ0v) is 19.0. The van der Waals surface area contributed by atoms with Gasteiger partial charge in [-0.25, -0.2) is 0 Å². The van der Waals surface area contributed by atoms with Gasteiger partial charge in [0.2, 0.25) is 6.29 Å². The Kier molecular flexibility index (Phi) is 10.00. The van der Waals surface area contributed by atoms with Gasteiger partial charge in [0.05, 0.1) is 24.3 Å². The lowest BCUT2D eigenvalue weighted by Crippen LogP contribution is -2.56. The second-order valence-electron chi connectivity index (χ2n) is 8.50. The Labute approximate surface area is 193 Å². The fourth-order valence-electron chi connectivity index (χ4n) is 3.81. The minimum Gasteiger partial charge on any atom is -0.507 e. The molecule has 2 aliphatic rings. The molecule has 2 fully saturated rings. The highest BCUT2D eigenvalue weighted by Gasteiger charge is 2.39. The molecular formula is C20H39N5O8. The van der Waals surface area contributed by atoms with Gasteiger partial charge in [0.15, 0.2) is 12.0 Å². The molecule has 1 aliphatic heterocycles. The monoisotopic (exact) mass is 477 g/mol. The minimum atomic E-state index is -1.86. The molecule has 1 aliphatic carbocycles. The summed E-state index contributed by atoms with van der Waals surface area (Å²) in [4.78, 5) is 0. The van der Waals surface area contributed by atoms with Crippen molar-refractivity contribution in [2.75, 3.05) is 7.05 Å². The SMILES string of the molecule is CC[C@@H](N)/C(O)=C(\O)OC(O)/C(NC)=C(\O)C1CCC(N)[C@@H](O[C@H]2CC(O)[C@H](N)CC2N)O1. The number of aliphatic hydroxyl groups is 5. The van der Waals surface area contributed by atoms with Crippen molar-refractivity contribution in [2.45, 2.75) is 94.1 Å². The summed E-state index contributed by atoms with van der Waals surface area (Å²) in [6, 6.07) is -2.23. The highest BCUT2D eigenvalue weighted by molar-refractivity contribution is 5.14. The maximum atomic E-state index is 10.7. The predicted octanol–water partition coefficient (Wildman–Crippen LogP) is -1.64. The second kappa shape index (κ2) is 12.0. The predicted molar refractivity (Wildman–Crippen MR) is 118 cm³/mol. The third kappa shape index (κ3) is 6.83. The number of likely N-dealkylation sites (N-methyl/N-ethyl adjacent to an activating group) is 1. The van der Waals surface area contributed by atoms with Crippen LogP contribution in [0.1, 0.15) is 39.0 Å². The first-order chi connectivity index (χ1) is 15.5. The quantitative estimate of drug-likeness (QED) is 0.132. The van der Waals surface area contributed by atoms with Gasteiger partial charge in [-0.05, 0) is 25.7 Å². The molecule has 0 bridgehead atoms. The van der Waals surface area contributed by atoms with Crippen LogP contribution >= 0.6 is 0 Å². The van der Waals surface area contributed by atoms with Crippen LogP contribution in [-0.2, 0) is 14.2 Å². The van der Waals surface area contributed by atoms with Gasteiger partial charge in [0, 0.05) is 25.6 Å². The third-order valence-electron chi connectivity index (χ3n) is 6.04. The number of nitrogens with two attached hydrogens (primary N) is 4. The second-order valence-corrected chi connectivity index (χ2v) is 8.50. The molecule has 192 valence electrons. The number of hydrogen-bond donors (Lipinski definition) is 10. The van der Waals surface area contributed by atoms with Crippen LogP contribution in [0.25, 0.3) is 0 Å². The molecule has 13 nitrogen and oxygen atoms in total. The Morgan fingerprint density at radius 3 is 2.36 bits per heavy atom. The van der Waals surface area contributed by atoms with Gasteiger partial charge >= 0.3 is 5.95 Å². The van der Waals surface area contributed by atoms with Gasteiger partial charge in [0.25, 0.3) is 0 Å². The van der Waals surface area contributed by atoms with E-state index >= 15 is 0 Å². The maximum Gasteiger partial charge on any atom is 0.320 e. The zero-order chi connectivity index (χ0) is 24.9. The summed E-state index contributed by atoms with van der Waals surface area (Å²) in [6.07, 6.45) is -3.35.